The van der Waals surface area contributed by atoms with Crippen LogP contribution < -0.4 is 5.32 Å². The molecule has 2 atom stereocenters. The zero-order valence-electron chi connectivity index (χ0n) is 26.8. The molecule has 0 unspecified atom stereocenters. The van der Waals surface area contributed by atoms with Gasteiger partial charge in [-0.15, -0.1) is 0 Å². The molecule has 2 amide bonds. The minimum Gasteiger partial charge on any atom is -0.445 e. The second-order valence-electron chi connectivity index (χ2n) is 11.5. The number of nitrogens with zero attached hydrogens (tertiary/aromatic N) is 1. The van der Waals surface area contributed by atoms with Crippen LogP contribution in [0.1, 0.15) is 94.7 Å². The molecule has 6 nitrogen and oxygen atoms in total. The number of alkyl carbamates (subject to hydrolysis) is 1. The highest BCUT2D eigenvalue weighted by Crippen LogP contribution is 2.22. The fraction of sp³-hybridized carbons (Fsp3) is 0.474. The van der Waals surface area contributed by atoms with Gasteiger partial charge in [-0.3, -0.25) is 4.79 Å². The van der Waals surface area contributed by atoms with Crippen molar-refractivity contribution in [2.45, 2.75) is 110 Å². The molecule has 0 aliphatic carbocycles. The van der Waals surface area contributed by atoms with Crippen LogP contribution in [-0.2, 0) is 34.0 Å². The third kappa shape index (κ3) is 13.3. The summed E-state index contributed by atoms with van der Waals surface area (Å²) >= 11 is 0. The molecule has 0 aromatic heterocycles. The van der Waals surface area contributed by atoms with Gasteiger partial charge in [-0.1, -0.05) is 150 Å². The maximum Gasteiger partial charge on any atom is 0.407 e. The lowest BCUT2D eigenvalue weighted by molar-refractivity contribution is -0.139. The van der Waals surface area contributed by atoms with Crippen LogP contribution in [-0.4, -0.2) is 35.6 Å². The summed E-state index contributed by atoms with van der Waals surface area (Å²) in [5.41, 5.74) is 3.06. The van der Waals surface area contributed by atoms with Gasteiger partial charge in [-0.25, -0.2) is 4.79 Å². The zero-order chi connectivity index (χ0) is 31.2. The molecule has 0 fully saturated rings. The average molecular weight is 601 g/mol. The molecule has 1 N–H and O–H groups in total. The van der Waals surface area contributed by atoms with E-state index in [9.17, 15) is 9.59 Å². The Morgan fingerprint density at radius 3 is 1.84 bits per heavy atom. The topological polar surface area (TPSA) is 67.9 Å². The van der Waals surface area contributed by atoms with Crippen molar-refractivity contribution in [2.75, 3.05) is 6.54 Å². The molecular weight excluding hydrogens is 548 g/mol. The van der Waals surface area contributed by atoms with E-state index in [0.717, 1.165) is 55.2 Å². The van der Waals surface area contributed by atoms with Gasteiger partial charge >= 0.3 is 6.09 Å². The molecule has 3 aromatic rings. The Labute approximate surface area is 265 Å². The third-order valence-corrected chi connectivity index (χ3v) is 7.91. The van der Waals surface area contributed by atoms with E-state index in [1.54, 1.807) is 0 Å². The van der Waals surface area contributed by atoms with Gasteiger partial charge in [0.05, 0.1) is 18.8 Å². The first-order chi connectivity index (χ1) is 21.6. The van der Waals surface area contributed by atoms with Crippen molar-refractivity contribution >= 4 is 12.0 Å². The standard InChI is InChI=1S/C38H52N2O4/c1-3-5-7-8-19-26-36(43-30-33-22-15-10-16-23-33)35(28-39-38(42)44-31-34-24-17-11-18-25-34)40(37(41)27-12-6-4-2)29-32-20-13-9-14-21-32/h9-11,13-18,20-25,35-36H,3-8,12,19,26-31H2,1-2H3,(H,39,42)/t35-,36-/m0/s1. The molecule has 238 valence electrons. The summed E-state index contributed by atoms with van der Waals surface area (Å²) in [4.78, 5) is 28.8. The molecule has 0 bridgehead atoms. The highest BCUT2D eigenvalue weighted by molar-refractivity contribution is 5.77. The van der Waals surface area contributed by atoms with Crippen molar-refractivity contribution in [1.82, 2.24) is 10.2 Å². The number of unbranched alkanes of at least 4 members (excludes halogenated alkanes) is 6. The first kappa shape index (κ1) is 34.8. The Balaban J connectivity index is 1.85. The van der Waals surface area contributed by atoms with Crippen molar-refractivity contribution in [3.63, 3.8) is 0 Å². The van der Waals surface area contributed by atoms with Gasteiger partial charge in [0.1, 0.15) is 6.61 Å². The summed E-state index contributed by atoms with van der Waals surface area (Å²) in [5.74, 6) is 0.0889. The predicted octanol–water partition coefficient (Wildman–Crippen LogP) is 8.84. The van der Waals surface area contributed by atoms with E-state index in [-0.39, 0.29) is 31.2 Å². The maximum atomic E-state index is 13.9. The van der Waals surface area contributed by atoms with Crippen LogP contribution in [0.25, 0.3) is 0 Å². The molecule has 3 rings (SSSR count). The van der Waals surface area contributed by atoms with E-state index < -0.39 is 6.09 Å². The quantitative estimate of drug-likeness (QED) is 0.124. The fourth-order valence-electron chi connectivity index (χ4n) is 5.36. The van der Waals surface area contributed by atoms with E-state index >= 15 is 0 Å². The second kappa shape index (κ2) is 21.1. The van der Waals surface area contributed by atoms with E-state index in [0.29, 0.717) is 19.6 Å². The second-order valence-corrected chi connectivity index (χ2v) is 11.5. The molecule has 0 radical (unpaired) electrons. The van der Waals surface area contributed by atoms with Crippen LogP contribution in [0.4, 0.5) is 4.79 Å². The number of amides is 2. The largest absolute Gasteiger partial charge is 0.445 e. The first-order valence-electron chi connectivity index (χ1n) is 16.5. The number of carbonyl (C=O) groups excluding carboxylic acids is 2. The SMILES string of the molecule is CCCCCCC[C@H](OCc1ccccc1)[C@H](CNC(=O)OCc1ccccc1)N(Cc1ccccc1)C(=O)CCCCC. The summed E-state index contributed by atoms with van der Waals surface area (Å²) in [6.45, 7) is 5.69. The Morgan fingerprint density at radius 2 is 1.23 bits per heavy atom. The van der Waals surface area contributed by atoms with E-state index in [1.807, 2.05) is 71.6 Å². The zero-order valence-corrected chi connectivity index (χ0v) is 26.8. The predicted molar refractivity (Wildman–Crippen MR) is 178 cm³/mol. The molecule has 0 saturated carbocycles. The molecule has 0 heterocycles. The Morgan fingerprint density at radius 1 is 0.682 bits per heavy atom. The van der Waals surface area contributed by atoms with Gasteiger partial charge in [0, 0.05) is 19.5 Å². The summed E-state index contributed by atoms with van der Waals surface area (Å²) in [6, 6.07) is 29.5. The van der Waals surface area contributed by atoms with Gasteiger partial charge < -0.3 is 19.7 Å². The molecular formula is C38H52N2O4. The number of nitrogens with one attached hydrogen (secondary N) is 1. The minimum atomic E-state index is -0.498. The Bertz CT molecular complexity index is 1170. The van der Waals surface area contributed by atoms with Crippen molar-refractivity contribution in [3.05, 3.63) is 108 Å². The van der Waals surface area contributed by atoms with Crippen LogP contribution in [0, 0.1) is 0 Å². The normalized spacial score (nSPS) is 12.3. The van der Waals surface area contributed by atoms with Crippen molar-refractivity contribution in [1.29, 1.82) is 0 Å². The van der Waals surface area contributed by atoms with E-state index in [4.69, 9.17) is 9.47 Å². The molecule has 0 saturated heterocycles. The Kier molecular flexibility index (Phi) is 16.7. The number of ether oxygens (including phenoxy) is 2. The number of hydrogen-bond donors (Lipinski definition) is 1. The molecule has 0 aliphatic rings. The highest BCUT2D eigenvalue weighted by Gasteiger charge is 2.32. The molecule has 3 aromatic carbocycles. The van der Waals surface area contributed by atoms with Crippen LogP contribution in [0.5, 0.6) is 0 Å². The summed E-state index contributed by atoms with van der Waals surface area (Å²) in [7, 11) is 0. The lowest BCUT2D eigenvalue weighted by Gasteiger charge is -2.37. The average Bonchev–Trinajstić information content (AvgIpc) is 3.06. The molecule has 44 heavy (non-hydrogen) atoms. The van der Waals surface area contributed by atoms with Gasteiger partial charge in [0.15, 0.2) is 0 Å². The molecule has 0 spiro atoms. The van der Waals surface area contributed by atoms with Crippen molar-refractivity contribution < 1.29 is 19.1 Å². The molecule has 6 heteroatoms. The van der Waals surface area contributed by atoms with Crippen molar-refractivity contribution in [3.8, 4) is 0 Å². The number of hydrogen-bond acceptors (Lipinski definition) is 4. The summed E-state index contributed by atoms with van der Waals surface area (Å²) in [6.07, 6.45) is 9.09. The summed E-state index contributed by atoms with van der Waals surface area (Å²) < 4.78 is 12.2. The van der Waals surface area contributed by atoms with Crippen LogP contribution >= 0.6 is 0 Å². The number of rotatable bonds is 21. The van der Waals surface area contributed by atoms with Gasteiger partial charge in [0.2, 0.25) is 5.91 Å². The van der Waals surface area contributed by atoms with Gasteiger partial charge in [-0.2, -0.15) is 0 Å². The highest BCUT2D eigenvalue weighted by atomic mass is 16.5. The van der Waals surface area contributed by atoms with E-state index in [1.165, 1.54) is 19.3 Å². The minimum absolute atomic E-state index is 0.0889. The number of benzene rings is 3. The summed E-state index contributed by atoms with van der Waals surface area (Å²) in [5, 5.41) is 3.00. The molecule has 0 aliphatic heterocycles. The van der Waals surface area contributed by atoms with Crippen LogP contribution in [0.15, 0.2) is 91.0 Å². The van der Waals surface area contributed by atoms with Crippen molar-refractivity contribution in [2.24, 2.45) is 0 Å². The smallest absolute Gasteiger partial charge is 0.407 e. The lowest BCUT2D eigenvalue weighted by atomic mass is 9.99. The third-order valence-electron chi connectivity index (χ3n) is 7.91. The van der Waals surface area contributed by atoms with Crippen LogP contribution in [0.3, 0.4) is 0 Å². The fourth-order valence-corrected chi connectivity index (χ4v) is 5.36. The first-order valence-corrected chi connectivity index (χ1v) is 16.5. The van der Waals surface area contributed by atoms with Gasteiger partial charge in [0.25, 0.3) is 0 Å². The number of carbonyl (C=O) groups is 2. The van der Waals surface area contributed by atoms with E-state index in [2.05, 4.69) is 43.4 Å². The van der Waals surface area contributed by atoms with Gasteiger partial charge in [-0.05, 0) is 29.5 Å². The Hall–Kier alpha value is -3.64. The lowest BCUT2D eigenvalue weighted by Crippen LogP contribution is -2.53. The maximum absolute atomic E-state index is 13.9. The monoisotopic (exact) mass is 600 g/mol. The van der Waals surface area contributed by atoms with Crippen LogP contribution in [0.2, 0.25) is 0 Å².